The van der Waals surface area contributed by atoms with Crippen LogP contribution in [0.5, 0.6) is 0 Å². The van der Waals surface area contributed by atoms with E-state index in [0.717, 1.165) is 25.3 Å². The molecule has 0 aliphatic carbocycles. The van der Waals surface area contributed by atoms with Gasteiger partial charge in [-0.15, -0.1) is 0 Å². The second kappa shape index (κ2) is 3.52. The predicted octanol–water partition coefficient (Wildman–Crippen LogP) is 1.37. The van der Waals surface area contributed by atoms with E-state index in [9.17, 15) is 0 Å². The van der Waals surface area contributed by atoms with Gasteiger partial charge in [0.1, 0.15) is 5.76 Å². The molecule has 1 aliphatic rings. The zero-order valence-electron chi connectivity index (χ0n) is 7.94. The van der Waals surface area contributed by atoms with E-state index >= 15 is 0 Å². The van der Waals surface area contributed by atoms with Crippen LogP contribution in [0.1, 0.15) is 25.1 Å². The Morgan fingerprint density at radius 1 is 1.69 bits per heavy atom. The molecular formula is C10H16N2O. The minimum absolute atomic E-state index is 0.365. The maximum absolute atomic E-state index is 5.74. The van der Waals surface area contributed by atoms with Crippen LogP contribution in [-0.2, 0) is 0 Å². The standard InChI is InChI=1S/C10H16N2O/c1-2-9(10-4-3-5-13-10)12-6-8(11)7-12/h3-5,8-9H,2,6-7,11H2,1H3. The van der Waals surface area contributed by atoms with Crippen LogP contribution in [0.4, 0.5) is 0 Å². The lowest BCUT2D eigenvalue weighted by Gasteiger charge is -2.41. The number of hydrogen-bond acceptors (Lipinski definition) is 3. The van der Waals surface area contributed by atoms with Gasteiger partial charge in [0.05, 0.1) is 12.3 Å². The molecule has 3 nitrogen and oxygen atoms in total. The van der Waals surface area contributed by atoms with Crippen LogP contribution in [0.15, 0.2) is 22.8 Å². The molecule has 0 bridgehead atoms. The Hall–Kier alpha value is -0.800. The van der Waals surface area contributed by atoms with Gasteiger partial charge in [-0.25, -0.2) is 0 Å². The summed E-state index contributed by atoms with van der Waals surface area (Å²) in [5.74, 6) is 1.06. The summed E-state index contributed by atoms with van der Waals surface area (Å²) in [6.07, 6.45) is 2.82. The van der Waals surface area contributed by atoms with Crippen molar-refractivity contribution in [2.75, 3.05) is 13.1 Å². The largest absolute Gasteiger partial charge is 0.468 e. The van der Waals surface area contributed by atoms with E-state index in [1.807, 2.05) is 12.1 Å². The molecular weight excluding hydrogens is 164 g/mol. The van der Waals surface area contributed by atoms with Gasteiger partial charge in [-0.05, 0) is 18.6 Å². The van der Waals surface area contributed by atoms with Gasteiger partial charge in [-0.2, -0.15) is 0 Å². The first-order valence-electron chi connectivity index (χ1n) is 4.84. The average Bonchev–Trinajstić information content (AvgIpc) is 2.55. The monoisotopic (exact) mass is 180 g/mol. The Kier molecular flexibility index (Phi) is 2.38. The molecule has 2 N–H and O–H groups in total. The zero-order chi connectivity index (χ0) is 9.26. The van der Waals surface area contributed by atoms with Crippen LogP contribution < -0.4 is 5.73 Å². The fraction of sp³-hybridized carbons (Fsp3) is 0.600. The van der Waals surface area contributed by atoms with Gasteiger partial charge in [0.25, 0.3) is 0 Å². The highest BCUT2D eigenvalue weighted by molar-refractivity contribution is 5.06. The van der Waals surface area contributed by atoms with Crippen LogP contribution in [0.25, 0.3) is 0 Å². The number of likely N-dealkylation sites (tertiary alicyclic amines) is 1. The summed E-state index contributed by atoms with van der Waals surface area (Å²) >= 11 is 0. The first kappa shape index (κ1) is 8.78. The Balaban J connectivity index is 2.02. The predicted molar refractivity (Wildman–Crippen MR) is 51.3 cm³/mol. The van der Waals surface area contributed by atoms with Crippen molar-refractivity contribution in [2.45, 2.75) is 25.4 Å². The quantitative estimate of drug-likeness (QED) is 0.764. The number of nitrogens with zero attached hydrogens (tertiary/aromatic N) is 1. The first-order valence-corrected chi connectivity index (χ1v) is 4.84. The highest BCUT2D eigenvalue weighted by Crippen LogP contribution is 2.27. The summed E-state index contributed by atoms with van der Waals surface area (Å²) < 4.78 is 5.40. The number of hydrogen-bond donors (Lipinski definition) is 1. The third kappa shape index (κ3) is 1.62. The number of nitrogens with two attached hydrogens (primary N) is 1. The van der Waals surface area contributed by atoms with E-state index in [4.69, 9.17) is 10.2 Å². The molecule has 1 fully saturated rings. The van der Waals surface area contributed by atoms with Gasteiger partial charge in [0, 0.05) is 19.1 Å². The normalized spacial score (nSPS) is 21.4. The fourth-order valence-electron chi connectivity index (χ4n) is 1.92. The molecule has 13 heavy (non-hydrogen) atoms. The molecule has 2 heterocycles. The SMILES string of the molecule is CCC(c1ccco1)N1CC(N)C1. The van der Waals surface area contributed by atoms with Crippen LogP contribution in [0, 0.1) is 0 Å². The highest BCUT2D eigenvalue weighted by Gasteiger charge is 2.30. The lowest BCUT2D eigenvalue weighted by molar-refractivity contribution is 0.0785. The van der Waals surface area contributed by atoms with Crippen molar-refractivity contribution in [2.24, 2.45) is 5.73 Å². The summed E-state index contributed by atoms with van der Waals surface area (Å²) in [4.78, 5) is 2.36. The summed E-state index contributed by atoms with van der Waals surface area (Å²) in [7, 11) is 0. The third-order valence-corrected chi connectivity index (χ3v) is 2.64. The van der Waals surface area contributed by atoms with Gasteiger partial charge in [0.15, 0.2) is 0 Å². The van der Waals surface area contributed by atoms with Gasteiger partial charge in [0.2, 0.25) is 0 Å². The maximum Gasteiger partial charge on any atom is 0.120 e. The molecule has 0 amide bonds. The second-order valence-electron chi connectivity index (χ2n) is 3.65. The number of furan rings is 1. The average molecular weight is 180 g/mol. The first-order chi connectivity index (χ1) is 6.31. The van der Waals surface area contributed by atoms with Crippen molar-refractivity contribution in [3.8, 4) is 0 Å². The molecule has 2 rings (SSSR count). The zero-order valence-corrected chi connectivity index (χ0v) is 7.94. The lowest BCUT2D eigenvalue weighted by atomic mass is 10.0. The molecule has 1 aromatic rings. The van der Waals surface area contributed by atoms with E-state index in [-0.39, 0.29) is 0 Å². The Bertz CT molecular complexity index is 252. The van der Waals surface area contributed by atoms with E-state index < -0.39 is 0 Å². The van der Waals surface area contributed by atoms with Gasteiger partial charge in [-0.3, -0.25) is 4.90 Å². The smallest absolute Gasteiger partial charge is 0.120 e. The molecule has 1 aromatic heterocycles. The van der Waals surface area contributed by atoms with Crippen molar-refractivity contribution in [3.05, 3.63) is 24.2 Å². The van der Waals surface area contributed by atoms with Crippen LogP contribution in [-0.4, -0.2) is 24.0 Å². The Morgan fingerprint density at radius 3 is 2.92 bits per heavy atom. The molecule has 72 valence electrons. The number of rotatable bonds is 3. The lowest BCUT2D eigenvalue weighted by Crippen LogP contribution is -2.56. The summed E-state index contributed by atoms with van der Waals surface area (Å²) in [5, 5.41) is 0. The second-order valence-corrected chi connectivity index (χ2v) is 3.65. The molecule has 1 aliphatic heterocycles. The third-order valence-electron chi connectivity index (χ3n) is 2.64. The summed E-state index contributed by atoms with van der Waals surface area (Å²) in [5.41, 5.74) is 5.74. The van der Waals surface area contributed by atoms with E-state index in [2.05, 4.69) is 11.8 Å². The molecule has 1 unspecified atom stereocenters. The minimum atomic E-state index is 0.365. The van der Waals surface area contributed by atoms with E-state index in [0.29, 0.717) is 12.1 Å². The molecule has 1 atom stereocenters. The maximum atomic E-state index is 5.74. The molecule has 1 saturated heterocycles. The van der Waals surface area contributed by atoms with Gasteiger partial charge in [-0.1, -0.05) is 6.92 Å². The Morgan fingerprint density at radius 2 is 2.46 bits per heavy atom. The highest BCUT2D eigenvalue weighted by atomic mass is 16.3. The van der Waals surface area contributed by atoms with Gasteiger partial charge < -0.3 is 10.2 Å². The fourth-order valence-corrected chi connectivity index (χ4v) is 1.92. The van der Waals surface area contributed by atoms with Crippen molar-refractivity contribution >= 4 is 0 Å². The topological polar surface area (TPSA) is 42.4 Å². The minimum Gasteiger partial charge on any atom is -0.468 e. The van der Waals surface area contributed by atoms with Crippen molar-refractivity contribution in [1.29, 1.82) is 0 Å². The summed E-state index contributed by atoms with van der Waals surface area (Å²) in [6, 6.07) is 4.77. The molecule has 0 saturated carbocycles. The van der Waals surface area contributed by atoms with Crippen molar-refractivity contribution in [1.82, 2.24) is 4.90 Å². The Labute approximate surface area is 78.5 Å². The van der Waals surface area contributed by atoms with Crippen LogP contribution in [0.2, 0.25) is 0 Å². The van der Waals surface area contributed by atoms with Crippen molar-refractivity contribution < 1.29 is 4.42 Å². The molecule has 0 radical (unpaired) electrons. The molecule has 0 aromatic carbocycles. The van der Waals surface area contributed by atoms with Gasteiger partial charge >= 0.3 is 0 Å². The molecule has 3 heteroatoms. The van der Waals surface area contributed by atoms with E-state index in [1.165, 1.54) is 0 Å². The molecule has 0 spiro atoms. The summed E-state index contributed by atoms with van der Waals surface area (Å²) in [6.45, 7) is 4.18. The van der Waals surface area contributed by atoms with E-state index in [1.54, 1.807) is 6.26 Å². The van der Waals surface area contributed by atoms with Crippen LogP contribution in [0.3, 0.4) is 0 Å². The van der Waals surface area contributed by atoms with Crippen LogP contribution >= 0.6 is 0 Å². The van der Waals surface area contributed by atoms with Crippen molar-refractivity contribution in [3.63, 3.8) is 0 Å².